The number of nitrogens with zero attached hydrogens (tertiary/aromatic N) is 3. The number of benzene rings is 1. The number of carbonyl (C=O) groups is 2. The van der Waals surface area contributed by atoms with Crippen LogP contribution in [-0.2, 0) is 16.1 Å². The molecule has 3 rings (SSSR count). The minimum absolute atomic E-state index is 0.0279. The molecule has 0 atom stereocenters. The molecule has 0 aliphatic rings. The molecule has 0 aliphatic carbocycles. The summed E-state index contributed by atoms with van der Waals surface area (Å²) in [5.41, 5.74) is 0.760. The monoisotopic (exact) mass is 375 g/mol. The predicted octanol–water partition coefficient (Wildman–Crippen LogP) is 2.39. The standard InChI is InChI=1S/C17H17N3O5S/c1-3-23-11-5-6-12-14(9-11)26-17(20(12)10-15(21)24-4-2)19-16(22)13-7-8-18-25-13/h5-9H,3-4,10H2,1-2H3. The van der Waals surface area contributed by atoms with Crippen LogP contribution in [0.15, 0.2) is 40.0 Å². The summed E-state index contributed by atoms with van der Waals surface area (Å²) in [6, 6.07) is 6.92. The Morgan fingerprint density at radius 1 is 1.27 bits per heavy atom. The van der Waals surface area contributed by atoms with Gasteiger partial charge in [0.1, 0.15) is 12.3 Å². The van der Waals surface area contributed by atoms with Crippen molar-refractivity contribution in [1.82, 2.24) is 9.72 Å². The molecule has 9 heteroatoms. The second-order valence-electron chi connectivity index (χ2n) is 5.13. The van der Waals surface area contributed by atoms with Crippen LogP contribution in [0.25, 0.3) is 10.2 Å². The van der Waals surface area contributed by atoms with Crippen LogP contribution in [0.3, 0.4) is 0 Å². The van der Waals surface area contributed by atoms with Gasteiger partial charge in [-0.05, 0) is 32.0 Å². The van der Waals surface area contributed by atoms with Gasteiger partial charge in [-0.1, -0.05) is 16.5 Å². The molecule has 0 unspecified atom stereocenters. The number of amides is 1. The lowest BCUT2D eigenvalue weighted by Gasteiger charge is -2.06. The lowest BCUT2D eigenvalue weighted by molar-refractivity contribution is -0.143. The molecule has 1 aromatic carbocycles. The Kier molecular flexibility index (Phi) is 5.47. The SMILES string of the molecule is CCOC(=O)Cn1c(=NC(=O)c2ccno2)sc2cc(OCC)ccc21. The Morgan fingerprint density at radius 3 is 2.81 bits per heavy atom. The number of carbonyl (C=O) groups excluding carboxylic acids is 2. The third-order valence-electron chi connectivity index (χ3n) is 3.40. The van der Waals surface area contributed by atoms with E-state index in [4.69, 9.17) is 14.0 Å². The van der Waals surface area contributed by atoms with Crippen LogP contribution in [0, 0.1) is 0 Å². The van der Waals surface area contributed by atoms with Gasteiger partial charge in [-0.15, -0.1) is 0 Å². The van der Waals surface area contributed by atoms with Crippen LogP contribution in [-0.4, -0.2) is 34.8 Å². The fourth-order valence-corrected chi connectivity index (χ4v) is 3.41. The Hall–Kier alpha value is -2.94. The number of fused-ring (bicyclic) bond motifs is 1. The number of thiazole rings is 1. The minimum Gasteiger partial charge on any atom is -0.494 e. The molecule has 0 radical (unpaired) electrons. The Labute approximate surface area is 152 Å². The van der Waals surface area contributed by atoms with Crippen LogP contribution >= 0.6 is 11.3 Å². The number of hydrogen-bond donors (Lipinski definition) is 0. The summed E-state index contributed by atoms with van der Waals surface area (Å²) < 4.78 is 17.9. The molecule has 0 saturated carbocycles. The van der Waals surface area contributed by atoms with Gasteiger partial charge < -0.3 is 18.6 Å². The smallest absolute Gasteiger partial charge is 0.326 e. The molecule has 0 bridgehead atoms. The third kappa shape index (κ3) is 3.83. The van der Waals surface area contributed by atoms with E-state index in [-0.39, 0.29) is 18.9 Å². The van der Waals surface area contributed by atoms with E-state index in [0.717, 1.165) is 10.2 Å². The van der Waals surface area contributed by atoms with Gasteiger partial charge in [-0.2, -0.15) is 4.99 Å². The topological polar surface area (TPSA) is 95.9 Å². The number of esters is 1. The molecule has 3 aromatic rings. The fourth-order valence-electron chi connectivity index (χ4n) is 2.35. The van der Waals surface area contributed by atoms with E-state index in [0.29, 0.717) is 17.2 Å². The van der Waals surface area contributed by atoms with E-state index in [1.54, 1.807) is 11.5 Å². The van der Waals surface area contributed by atoms with Gasteiger partial charge in [0.05, 0.1) is 29.6 Å². The van der Waals surface area contributed by atoms with Gasteiger partial charge in [0, 0.05) is 6.07 Å². The summed E-state index contributed by atoms with van der Waals surface area (Å²) in [4.78, 5) is 28.7. The highest BCUT2D eigenvalue weighted by molar-refractivity contribution is 7.16. The van der Waals surface area contributed by atoms with E-state index in [9.17, 15) is 9.59 Å². The minimum atomic E-state index is -0.573. The highest BCUT2D eigenvalue weighted by Gasteiger charge is 2.14. The number of ether oxygens (including phenoxy) is 2. The van der Waals surface area contributed by atoms with Gasteiger partial charge in [0.15, 0.2) is 4.80 Å². The molecular weight excluding hydrogens is 358 g/mol. The maximum atomic E-state index is 12.2. The first kappa shape index (κ1) is 17.9. The molecule has 136 valence electrons. The zero-order valence-electron chi connectivity index (χ0n) is 14.3. The molecule has 0 N–H and O–H groups in total. The second-order valence-corrected chi connectivity index (χ2v) is 6.14. The van der Waals surface area contributed by atoms with Gasteiger partial charge in [0.2, 0.25) is 5.76 Å². The fraction of sp³-hybridized carbons (Fsp3) is 0.294. The van der Waals surface area contributed by atoms with Crippen molar-refractivity contribution in [1.29, 1.82) is 0 Å². The molecule has 1 amide bonds. The lowest BCUT2D eigenvalue weighted by Crippen LogP contribution is -2.23. The number of hydrogen-bond acceptors (Lipinski definition) is 7. The molecule has 8 nitrogen and oxygen atoms in total. The second kappa shape index (κ2) is 7.96. The van der Waals surface area contributed by atoms with E-state index in [1.807, 2.05) is 25.1 Å². The Balaban J connectivity index is 2.09. The van der Waals surface area contributed by atoms with Crippen molar-refractivity contribution in [3.63, 3.8) is 0 Å². The predicted molar refractivity (Wildman–Crippen MR) is 94.0 cm³/mol. The zero-order chi connectivity index (χ0) is 18.5. The summed E-state index contributed by atoms with van der Waals surface area (Å²) in [6.07, 6.45) is 1.37. The van der Waals surface area contributed by atoms with Crippen molar-refractivity contribution in [2.24, 2.45) is 4.99 Å². The van der Waals surface area contributed by atoms with E-state index >= 15 is 0 Å². The molecule has 2 heterocycles. The Morgan fingerprint density at radius 2 is 2.12 bits per heavy atom. The highest BCUT2D eigenvalue weighted by Crippen LogP contribution is 2.23. The first-order valence-corrected chi connectivity index (χ1v) is 8.85. The van der Waals surface area contributed by atoms with Crippen molar-refractivity contribution in [2.45, 2.75) is 20.4 Å². The van der Waals surface area contributed by atoms with Crippen LogP contribution in [0.4, 0.5) is 0 Å². The van der Waals surface area contributed by atoms with Crippen LogP contribution < -0.4 is 9.54 Å². The van der Waals surface area contributed by atoms with Gasteiger partial charge in [-0.3, -0.25) is 9.59 Å². The molecule has 0 aliphatic heterocycles. The van der Waals surface area contributed by atoms with Gasteiger partial charge in [0.25, 0.3) is 0 Å². The molecule has 0 spiro atoms. The van der Waals surface area contributed by atoms with Crippen molar-refractivity contribution >= 4 is 33.4 Å². The first-order chi connectivity index (χ1) is 12.6. The lowest BCUT2D eigenvalue weighted by atomic mass is 10.3. The number of rotatable bonds is 6. The van der Waals surface area contributed by atoms with E-state index < -0.39 is 11.9 Å². The maximum Gasteiger partial charge on any atom is 0.326 e. The van der Waals surface area contributed by atoms with Gasteiger partial charge in [-0.25, -0.2) is 0 Å². The molecular formula is C17H17N3O5S. The summed E-state index contributed by atoms with van der Waals surface area (Å²) in [7, 11) is 0. The van der Waals surface area contributed by atoms with E-state index in [2.05, 4.69) is 10.1 Å². The maximum absolute atomic E-state index is 12.2. The largest absolute Gasteiger partial charge is 0.494 e. The molecule has 0 saturated heterocycles. The van der Waals surface area contributed by atoms with Crippen molar-refractivity contribution in [2.75, 3.05) is 13.2 Å². The zero-order valence-corrected chi connectivity index (χ0v) is 15.1. The normalized spacial score (nSPS) is 11.7. The number of aromatic nitrogens is 2. The summed E-state index contributed by atoms with van der Waals surface area (Å²) >= 11 is 1.28. The molecule has 26 heavy (non-hydrogen) atoms. The van der Waals surface area contributed by atoms with Crippen LogP contribution in [0.1, 0.15) is 24.4 Å². The summed E-state index contributed by atoms with van der Waals surface area (Å²) in [6.45, 7) is 4.41. The summed E-state index contributed by atoms with van der Waals surface area (Å²) in [5, 5.41) is 3.50. The average molecular weight is 375 g/mol. The van der Waals surface area contributed by atoms with Crippen LogP contribution in [0.5, 0.6) is 5.75 Å². The van der Waals surface area contributed by atoms with E-state index in [1.165, 1.54) is 23.6 Å². The quantitative estimate of drug-likeness (QED) is 0.614. The van der Waals surface area contributed by atoms with Crippen molar-refractivity contribution in [3.8, 4) is 5.75 Å². The molecule has 2 aromatic heterocycles. The van der Waals surface area contributed by atoms with Gasteiger partial charge >= 0.3 is 11.9 Å². The Bertz CT molecular complexity index is 988. The van der Waals surface area contributed by atoms with Crippen LogP contribution in [0.2, 0.25) is 0 Å². The third-order valence-corrected chi connectivity index (χ3v) is 4.44. The summed E-state index contributed by atoms with van der Waals surface area (Å²) in [5.74, 6) is -0.246. The highest BCUT2D eigenvalue weighted by atomic mass is 32.1. The first-order valence-electron chi connectivity index (χ1n) is 8.04. The van der Waals surface area contributed by atoms with Crippen molar-refractivity contribution < 1.29 is 23.6 Å². The molecule has 0 fully saturated rings. The average Bonchev–Trinajstić information content (AvgIpc) is 3.24. The van der Waals surface area contributed by atoms with Crippen molar-refractivity contribution in [3.05, 3.63) is 41.0 Å².